The molecule has 1 aliphatic heterocycles. The van der Waals surface area contributed by atoms with E-state index in [9.17, 15) is 4.39 Å². The van der Waals surface area contributed by atoms with E-state index in [1.54, 1.807) is 12.1 Å². The summed E-state index contributed by atoms with van der Waals surface area (Å²) in [6.07, 6.45) is 0.405. The molecule has 2 radical (unpaired) electrons. The molecule has 0 aliphatic carbocycles. The van der Waals surface area contributed by atoms with E-state index in [0.29, 0.717) is 12.9 Å². The van der Waals surface area contributed by atoms with Crippen LogP contribution in [0.15, 0.2) is 48.5 Å². The molecule has 1 fully saturated rings. The van der Waals surface area contributed by atoms with Gasteiger partial charge in [0.1, 0.15) is 11.7 Å². The van der Waals surface area contributed by atoms with Gasteiger partial charge in [-0.15, -0.1) is 0 Å². The zero-order valence-corrected chi connectivity index (χ0v) is 14.2. The first-order valence-corrected chi connectivity index (χ1v) is 8.46. The highest BCUT2D eigenvalue weighted by Crippen LogP contribution is 2.22. The molecule has 1 heterocycles. The molecule has 1 saturated heterocycles. The monoisotopic (exact) mass is 336 g/mol. The van der Waals surface area contributed by atoms with E-state index in [1.165, 1.54) is 11.6 Å². The molecule has 0 aromatic heterocycles. The summed E-state index contributed by atoms with van der Waals surface area (Å²) in [5.74, 6) is -0.349. The second-order valence-corrected chi connectivity index (χ2v) is 6.36. The minimum absolute atomic E-state index is 0.0380. The number of nitrogens with one attached hydrogen (secondary N) is 1. The highest BCUT2D eigenvalue weighted by molar-refractivity contribution is 6.09. The first kappa shape index (κ1) is 17.5. The number of benzene rings is 2. The molecular weight excluding hydrogens is 314 g/mol. The molecule has 6 heteroatoms. The molecule has 0 spiro atoms. The van der Waals surface area contributed by atoms with E-state index < -0.39 is 5.82 Å². The Hall–Kier alpha value is -2.34. The van der Waals surface area contributed by atoms with Crippen LogP contribution in [0, 0.1) is 11.2 Å². The fourth-order valence-corrected chi connectivity index (χ4v) is 3.34. The van der Waals surface area contributed by atoms with Crippen molar-refractivity contribution in [3.05, 3.63) is 65.5 Å². The highest BCUT2D eigenvalue weighted by Gasteiger charge is 2.29. The lowest BCUT2D eigenvalue weighted by atomic mass is 9.93. The quantitative estimate of drug-likeness (QED) is 0.390. The third-order valence-electron chi connectivity index (χ3n) is 4.66. The molecule has 1 aliphatic rings. The summed E-state index contributed by atoms with van der Waals surface area (Å²) in [5.41, 5.74) is 7.60. The third-order valence-corrected chi connectivity index (χ3v) is 4.66. The number of piperazine rings is 1. The van der Waals surface area contributed by atoms with Crippen molar-refractivity contribution in [2.24, 2.45) is 0 Å². The van der Waals surface area contributed by atoms with E-state index in [1.807, 2.05) is 23.1 Å². The van der Waals surface area contributed by atoms with Crippen LogP contribution in [0.5, 0.6) is 0 Å². The molecule has 0 saturated carbocycles. The Labute approximate surface area is 149 Å². The average molecular weight is 336 g/mol. The van der Waals surface area contributed by atoms with Crippen LogP contribution < -0.4 is 5.73 Å². The van der Waals surface area contributed by atoms with Crippen LogP contribution in [-0.4, -0.2) is 49.2 Å². The topological polar surface area (TPSA) is 56.4 Å². The standard InChI is InChI=1S/C19H22BFN4/c20-11-15-13-24(12-14-5-2-1-3-6-14)9-10-25(15)19(23)18-16(21)7-4-8-17(18)22/h1-8,15,23H,9-13,22H2. The molecule has 25 heavy (non-hydrogen) atoms. The number of halogens is 1. The van der Waals surface area contributed by atoms with Gasteiger partial charge >= 0.3 is 0 Å². The Morgan fingerprint density at radius 3 is 2.60 bits per heavy atom. The second kappa shape index (κ2) is 7.70. The van der Waals surface area contributed by atoms with Gasteiger partial charge in [-0.1, -0.05) is 42.7 Å². The summed E-state index contributed by atoms with van der Waals surface area (Å²) in [5, 5.41) is 8.46. The number of amidine groups is 1. The van der Waals surface area contributed by atoms with Gasteiger partial charge in [-0.2, -0.15) is 0 Å². The van der Waals surface area contributed by atoms with Crippen molar-refractivity contribution >= 4 is 19.4 Å². The molecule has 1 atom stereocenters. The van der Waals surface area contributed by atoms with Gasteiger partial charge in [0.05, 0.1) is 13.4 Å². The number of hydrogen-bond acceptors (Lipinski definition) is 3. The van der Waals surface area contributed by atoms with Crippen molar-refractivity contribution < 1.29 is 4.39 Å². The molecule has 0 bridgehead atoms. The molecule has 0 amide bonds. The van der Waals surface area contributed by atoms with Gasteiger partial charge in [0.25, 0.3) is 0 Å². The number of anilines is 1. The minimum atomic E-state index is -0.465. The molecule has 3 rings (SSSR count). The van der Waals surface area contributed by atoms with E-state index in [2.05, 4.69) is 17.0 Å². The van der Waals surface area contributed by atoms with E-state index >= 15 is 0 Å². The summed E-state index contributed by atoms with van der Waals surface area (Å²) in [6.45, 7) is 3.01. The molecule has 4 nitrogen and oxygen atoms in total. The Bertz CT molecular complexity index is 717. The van der Waals surface area contributed by atoms with E-state index in [-0.39, 0.29) is 23.1 Å². The maximum Gasteiger partial charge on any atom is 0.136 e. The normalized spacial score (nSPS) is 18.3. The molecule has 2 aromatic rings. The van der Waals surface area contributed by atoms with Crippen molar-refractivity contribution in [2.45, 2.75) is 18.9 Å². The third kappa shape index (κ3) is 3.85. The van der Waals surface area contributed by atoms with Crippen LogP contribution in [0.2, 0.25) is 6.32 Å². The van der Waals surface area contributed by atoms with Crippen LogP contribution in [0.1, 0.15) is 11.1 Å². The molecule has 2 aromatic carbocycles. The molecule has 1 unspecified atom stereocenters. The number of nitrogens with two attached hydrogens (primary N) is 1. The SMILES string of the molecule is [B]CC1CN(Cc2ccccc2)CCN1C(=N)c1c(N)cccc1F. The fourth-order valence-electron chi connectivity index (χ4n) is 3.34. The number of nitrogen functional groups attached to an aromatic ring is 1. The van der Waals surface area contributed by atoms with Gasteiger partial charge < -0.3 is 10.6 Å². The number of hydrogen-bond donors (Lipinski definition) is 2. The molecule has 128 valence electrons. The van der Waals surface area contributed by atoms with E-state index in [4.69, 9.17) is 19.0 Å². The number of rotatable bonds is 4. The Balaban J connectivity index is 1.73. The summed E-state index contributed by atoms with van der Waals surface area (Å²) < 4.78 is 14.2. The van der Waals surface area contributed by atoms with Crippen molar-refractivity contribution in [3.8, 4) is 0 Å². The maximum atomic E-state index is 14.2. The zero-order chi connectivity index (χ0) is 17.8. The summed E-state index contributed by atoms with van der Waals surface area (Å²) in [6, 6.07) is 14.7. The van der Waals surface area contributed by atoms with Crippen molar-refractivity contribution in [1.82, 2.24) is 9.80 Å². The zero-order valence-electron chi connectivity index (χ0n) is 14.2. The van der Waals surface area contributed by atoms with Crippen LogP contribution in [0.3, 0.4) is 0 Å². The van der Waals surface area contributed by atoms with Crippen LogP contribution in [0.25, 0.3) is 0 Å². The first-order valence-electron chi connectivity index (χ1n) is 8.46. The van der Waals surface area contributed by atoms with Gasteiger partial charge in [0.2, 0.25) is 0 Å². The van der Waals surface area contributed by atoms with Gasteiger partial charge in [-0.05, 0) is 17.7 Å². The maximum absolute atomic E-state index is 14.2. The molecule has 3 N–H and O–H groups in total. The van der Waals surface area contributed by atoms with Gasteiger partial charge in [0, 0.05) is 37.9 Å². The van der Waals surface area contributed by atoms with Crippen LogP contribution in [0.4, 0.5) is 10.1 Å². The summed E-state index contributed by atoms with van der Waals surface area (Å²) in [7, 11) is 5.95. The van der Waals surface area contributed by atoms with Gasteiger partial charge in [-0.25, -0.2) is 4.39 Å². The summed E-state index contributed by atoms with van der Waals surface area (Å²) in [4.78, 5) is 4.19. The molecular formula is C19H22BFN4. The van der Waals surface area contributed by atoms with Crippen molar-refractivity contribution in [2.75, 3.05) is 25.4 Å². The summed E-state index contributed by atoms with van der Waals surface area (Å²) >= 11 is 0. The van der Waals surface area contributed by atoms with Gasteiger partial charge in [-0.3, -0.25) is 10.3 Å². The fraction of sp³-hybridized carbons (Fsp3) is 0.316. The highest BCUT2D eigenvalue weighted by atomic mass is 19.1. The van der Waals surface area contributed by atoms with E-state index in [0.717, 1.165) is 19.6 Å². The number of nitrogens with zero attached hydrogens (tertiary/aromatic N) is 2. The van der Waals surface area contributed by atoms with Crippen molar-refractivity contribution in [3.63, 3.8) is 0 Å². The minimum Gasteiger partial charge on any atom is -0.398 e. The second-order valence-electron chi connectivity index (χ2n) is 6.36. The average Bonchev–Trinajstić information content (AvgIpc) is 2.62. The van der Waals surface area contributed by atoms with Crippen LogP contribution in [-0.2, 0) is 6.54 Å². The lowest BCUT2D eigenvalue weighted by molar-refractivity contribution is 0.130. The lowest BCUT2D eigenvalue weighted by Crippen LogP contribution is -2.54. The smallest absolute Gasteiger partial charge is 0.136 e. The predicted molar refractivity (Wildman–Crippen MR) is 100 cm³/mol. The largest absolute Gasteiger partial charge is 0.398 e. The predicted octanol–water partition coefficient (Wildman–Crippen LogP) is 2.51. The van der Waals surface area contributed by atoms with Crippen LogP contribution >= 0.6 is 0 Å². The first-order chi connectivity index (χ1) is 12.1. The van der Waals surface area contributed by atoms with Gasteiger partial charge in [0.15, 0.2) is 0 Å². The Kier molecular flexibility index (Phi) is 5.39. The van der Waals surface area contributed by atoms with Crippen molar-refractivity contribution in [1.29, 1.82) is 5.41 Å². The Morgan fingerprint density at radius 1 is 1.16 bits per heavy atom. The Morgan fingerprint density at radius 2 is 1.92 bits per heavy atom. The lowest BCUT2D eigenvalue weighted by Gasteiger charge is -2.43.